The molecule has 2 aromatic carbocycles. The van der Waals surface area contributed by atoms with Gasteiger partial charge in [-0.1, -0.05) is 13.2 Å². The van der Waals surface area contributed by atoms with Crippen LogP contribution < -0.4 is 4.74 Å². The third-order valence-corrected chi connectivity index (χ3v) is 6.42. The molecule has 0 radical (unpaired) electrons. The summed E-state index contributed by atoms with van der Waals surface area (Å²) in [6, 6.07) is 5.21. The van der Waals surface area contributed by atoms with Gasteiger partial charge in [0.15, 0.2) is 6.29 Å². The first-order valence-corrected chi connectivity index (χ1v) is 14.0. The fourth-order valence-corrected chi connectivity index (χ4v) is 4.11. The van der Waals surface area contributed by atoms with E-state index in [4.69, 9.17) is 18.9 Å². The lowest BCUT2D eigenvalue weighted by Crippen LogP contribution is -2.16. The molecule has 0 aliphatic heterocycles. The van der Waals surface area contributed by atoms with Crippen LogP contribution in [0.25, 0.3) is 0 Å². The summed E-state index contributed by atoms with van der Waals surface area (Å²) < 4.78 is 91.9. The molecule has 1 atom stereocenters. The zero-order valence-corrected chi connectivity index (χ0v) is 22.6. The van der Waals surface area contributed by atoms with E-state index < -0.39 is 72.3 Å². The highest BCUT2D eigenvalue weighted by molar-refractivity contribution is 7.86. The van der Waals surface area contributed by atoms with Crippen molar-refractivity contribution in [3.05, 3.63) is 72.8 Å². The second-order valence-electron chi connectivity index (χ2n) is 7.52. The monoisotopic (exact) mass is 616 g/mol. The molecule has 0 bridgehead atoms. The molecular formula is C24H24O15S2. The van der Waals surface area contributed by atoms with Crippen LogP contribution in [0.3, 0.4) is 0 Å². The normalized spacial score (nSPS) is 12.1. The van der Waals surface area contributed by atoms with Crippen LogP contribution in [-0.2, 0) is 44.0 Å². The molecule has 2 rings (SSSR count). The Balaban J connectivity index is 2.30. The lowest BCUT2D eigenvalue weighted by Gasteiger charge is -2.14. The van der Waals surface area contributed by atoms with Gasteiger partial charge in [-0.3, -0.25) is 9.11 Å². The van der Waals surface area contributed by atoms with Crippen LogP contribution in [0.1, 0.15) is 20.7 Å². The van der Waals surface area contributed by atoms with Crippen LogP contribution in [-0.4, -0.2) is 81.7 Å². The van der Waals surface area contributed by atoms with E-state index >= 15 is 0 Å². The van der Waals surface area contributed by atoms with Gasteiger partial charge < -0.3 is 28.8 Å². The minimum atomic E-state index is -5.08. The van der Waals surface area contributed by atoms with Gasteiger partial charge >= 0.3 is 17.9 Å². The molecule has 17 heteroatoms. The number of aliphatic hydroxyl groups excluding tert-OH is 1. The molecule has 2 aromatic rings. The number of esters is 3. The molecular weight excluding hydrogens is 592 g/mol. The number of rotatable bonds is 15. The van der Waals surface area contributed by atoms with E-state index in [-0.39, 0.29) is 30.9 Å². The molecule has 0 amide bonds. The number of benzene rings is 2. The zero-order valence-electron chi connectivity index (χ0n) is 21.0. The van der Waals surface area contributed by atoms with Crippen LogP contribution in [0.5, 0.6) is 11.5 Å². The van der Waals surface area contributed by atoms with Crippen molar-refractivity contribution >= 4 is 38.1 Å². The summed E-state index contributed by atoms with van der Waals surface area (Å²) in [4.78, 5) is 33.6. The Bertz CT molecular complexity index is 1530. The first-order chi connectivity index (χ1) is 19.2. The van der Waals surface area contributed by atoms with Gasteiger partial charge in [0.25, 0.3) is 20.2 Å². The summed E-state index contributed by atoms with van der Waals surface area (Å²) in [5.41, 5.74) is -0.737. The average molecular weight is 617 g/mol. The van der Waals surface area contributed by atoms with E-state index in [9.17, 15) is 45.4 Å². The Labute approximate surface area is 234 Å². The lowest BCUT2D eigenvalue weighted by molar-refractivity contribution is -0.138. The van der Waals surface area contributed by atoms with Crippen molar-refractivity contribution < 1.29 is 69.1 Å². The van der Waals surface area contributed by atoms with Crippen molar-refractivity contribution in [2.24, 2.45) is 0 Å². The third-order valence-electron chi connectivity index (χ3n) is 4.67. The SMILES string of the molecule is C=CC(=O)OCCOC(=O)c1ccc(Oc2ccc(C(=O)OCCOC(O)C=C)cc2S(=O)(=O)O)c(S(=O)(=O)O)c1. The van der Waals surface area contributed by atoms with Crippen molar-refractivity contribution in [1.29, 1.82) is 0 Å². The van der Waals surface area contributed by atoms with Crippen LogP contribution in [0, 0.1) is 0 Å². The third kappa shape index (κ3) is 10.1. The van der Waals surface area contributed by atoms with Crippen LogP contribution in [0.15, 0.2) is 71.5 Å². The highest BCUT2D eigenvalue weighted by Gasteiger charge is 2.25. The summed E-state index contributed by atoms with van der Waals surface area (Å²) >= 11 is 0. The van der Waals surface area contributed by atoms with Crippen LogP contribution in [0.4, 0.5) is 0 Å². The Kier molecular flexibility index (Phi) is 11.7. The Morgan fingerprint density at radius 3 is 1.61 bits per heavy atom. The Morgan fingerprint density at radius 2 is 1.20 bits per heavy atom. The second-order valence-corrected chi connectivity index (χ2v) is 10.3. The Morgan fingerprint density at radius 1 is 0.756 bits per heavy atom. The molecule has 0 heterocycles. The number of ether oxygens (including phenoxy) is 5. The van der Waals surface area contributed by atoms with Gasteiger partial charge in [-0.05, 0) is 42.5 Å². The van der Waals surface area contributed by atoms with Gasteiger partial charge in [-0.25, -0.2) is 14.4 Å². The number of carbonyl (C=O) groups is 3. The molecule has 0 aromatic heterocycles. The maximum atomic E-state index is 12.3. The smallest absolute Gasteiger partial charge is 0.338 e. The van der Waals surface area contributed by atoms with E-state index in [1.807, 2.05) is 0 Å². The van der Waals surface area contributed by atoms with Crippen LogP contribution in [0.2, 0.25) is 0 Å². The summed E-state index contributed by atoms with van der Waals surface area (Å²) in [6.07, 6.45) is 0.677. The van der Waals surface area contributed by atoms with E-state index in [0.29, 0.717) is 12.1 Å². The molecule has 0 fully saturated rings. The summed E-state index contributed by atoms with van der Waals surface area (Å²) in [5.74, 6) is -4.20. The van der Waals surface area contributed by atoms with E-state index in [1.165, 1.54) is 0 Å². The van der Waals surface area contributed by atoms with Crippen molar-refractivity contribution in [2.75, 3.05) is 26.4 Å². The summed E-state index contributed by atoms with van der Waals surface area (Å²) in [6.45, 7) is 5.19. The van der Waals surface area contributed by atoms with E-state index in [2.05, 4.69) is 17.9 Å². The molecule has 1 unspecified atom stereocenters. The van der Waals surface area contributed by atoms with E-state index in [0.717, 1.165) is 36.4 Å². The van der Waals surface area contributed by atoms with Crippen molar-refractivity contribution in [1.82, 2.24) is 0 Å². The molecule has 41 heavy (non-hydrogen) atoms. The second kappa shape index (κ2) is 14.5. The highest BCUT2D eigenvalue weighted by Crippen LogP contribution is 2.34. The lowest BCUT2D eigenvalue weighted by atomic mass is 10.2. The van der Waals surface area contributed by atoms with Gasteiger partial charge in [-0.2, -0.15) is 16.8 Å². The number of carbonyl (C=O) groups excluding carboxylic acids is 3. The molecule has 222 valence electrons. The molecule has 0 saturated carbocycles. The maximum absolute atomic E-state index is 12.3. The minimum absolute atomic E-state index is 0.226. The van der Waals surface area contributed by atoms with Crippen molar-refractivity contribution in [3.8, 4) is 11.5 Å². The first kappa shape index (κ1) is 33.1. The highest BCUT2D eigenvalue weighted by atomic mass is 32.2. The molecule has 0 aliphatic carbocycles. The summed E-state index contributed by atoms with van der Waals surface area (Å²) in [5, 5.41) is 9.22. The molecule has 3 N–H and O–H groups in total. The molecule has 0 saturated heterocycles. The van der Waals surface area contributed by atoms with Gasteiger partial charge in [0, 0.05) is 6.08 Å². The molecule has 0 aliphatic rings. The van der Waals surface area contributed by atoms with Gasteiger partial charge in [0.05, 0.1) is 17.7 Å². The van der Waals surface area contributed by atoms with Gasteiger partial charge in [-0.15, -0.1) is 0 Å². The van der Waals surface area contributed by atoms with Crippen molar-refractivity contribution in [3.63, 3.8) is 0 Å². The van der Waals surface area contributed by atoms with Gasteiger partial charge in [0.1, 0.15) is 41.1 Å². The predicted molar refractivity (Wildman–Crippen MR) is 136 cm³/mol. The quantitative estimate of drug-likeness (QED) is 0.0490. The van der Waals surface area contributed by atoms with Crippen molar-refractivity contribution in [2.45, 2.75) is 16.1 Å². The Hall–Kier alpha value is -4.13. The maximum Gasteiger partial charge on any atom is 0.338 e. The van der Waals surface area contributed by atoms with Crippen LogP contribution >= 0.6 is 0 Å². The fraction of sp³-hybridized carbons (Fsp3) is 0.208. The largest absolute Gasteiger partial charge is 0.460 e. The average Bonchev–Trinajstić information content (AvgIpc) is 2.91. The minimum Gasteiger partial charge on any atom is -0.460 e. The zero-order chi connectivity index (χ0) is 30.8. The molecule has 0 spiro atoms. The topological polar surface area (TPSA) is 226 Å². The first-order valence-electron chi connectivity index (χ1n) is 11.1. The predicted octanol–water partition coefficient (Wildman–Crippen LogP) is 1.54. The van der Waals surface area contributed by atoms with Gasteiger partial charge in [0.2, 0.25) is 0 Å². The number of hydrogen-bond donors (Lipinski definition) is 3. The molecule has 15 nitrogen and oxygen atoms in total. The number of hydrogen-bond acceptors (Lipinski definition) is 13. The standard InChI is InChI=1S/C24H24O15S2/c1-3-21(25)35-9-11-37-23(27)15-5-7-17(19(13-15)40(29,30)31)39-18-8-6-16(14-20(18)41(32,33)34)24(28)38-12-10-36-22(26)4-2/h3-8,13-14,21,25H,1-2,9-12H2,(H,29,30,31)(H,32,33,34). The summed E-state index contributed by atoms with van der Waals surface area (Å²) in [7, 11) is -10.1. The fourth-order valence-electron chi connectivity index (χ4n) is 2.83. The number of aliphatic hydroxyl groups is 1. The van der Waals surface area contributed by atoms with E-state index in [1.54, 1.807) is 0 Å².